The second-order valence-corrected chi connectivity index (χ2v) is 10.2. The predicted octanol–water partition coefficient (Wildman–Crippen LogP) is 6.88. The van der Waals surface area contributed by atoms with Crippen LogP contribution >= 0.6 is 11.6 Å². The lowest BCUT2D eigenvalue weighted by Crippen LogP contribution is -2.50. The highest BCUT2D eigenvalue weighted by atomic mass is 35.5. The lowest BCUT2D eigenvalue weighted by molar-refractivity contribution is 0.0589. The number of rotatable bonds is 6. The summed E-state index contributed by atoms with van der Waals surface area (Å²) in [6.45, 7) is 2.61. The molecule has 1 fully saturated rings. The molecule has 7 heteroatoms. The molecule has 1 amide bonds. The summed E-state index contributed by atoms with van der Waals surface area (Å²) in [7, 11) is 0. The van der Waals surface area contributed by atoms with Gasteiger partial charge in [0.05, 0.1) is 22.4 Å². The van der Waals surface area contributed by atoms with Crippen molar-refractivity contribution >= 4 is 17.5 Å². The highest BCUT2D eigenvalue weighted by Gasteiger charge is 2.30. The number of carbonyl (C=O) groups is 1. The summed E-state index contributed by atoms with van der Waals surface area (Å²) in [6.07, 6.45) is 0. The van der Waals surface area contributed by atoms with Crippen molar-refractivity contribution in [2.75, 3.05) is 26.2 Å². The van der Waals surface area contributed by atoms with E-state index >= 15 is 0 Å². The molecule has 1 aliphatic heterocycles. The Hall–Kier alpha value is -4.26. The number of amides is 1. The van der Waals surface area contributed by atoms with Crippen LogP contribution < -0.4 is 0 Å². The molecule has 0 unspecified atom stereocenters. The molecule has 0 bridgehead atoms. The van der Waals surface area contributed by atoms with Crippen LogP contribution in [0, 0.1) is 5.82 Å². The third kappa shape index (κ3) is 5.28. The van der Waals surface area contributed by atoms with Crippen molar-refractivity contribution in [3.63, 3.8) is 0 Å². The molecule has 4 aromatic carbocycles. The first-order valence-corrected chi connectivity index (χ1v) is 13.7. The quantitative estimate of drug-likeness (QED) is 0.231. The van der Waals surface area contributed by atoms with Crippen LogP contribution in [0.5, 0.6) is 0 Å². The van der Waals surface area contributed by atoms with Crippen LogP contribution in [0.25, 0.3) is 16.9 Å². The molecule has 40 heavy (non-hydrogen) atoms. The lowest BCUT2D eigenvalue weighted by atomic mass is 9.96. The minimum atomic E-state index is -0.326. The topological polar surface area (TPSA) is 41.4 Å². The Morgan fingerprint density at radius 3 is 1.93 bits per heavy atom. The molecule has 0 spiro atoms. The molecule has 0 atom stereocenters. The fourth-order valence-electron chi connectivity index (χ4n) is 5.33. The average molecular weight is 551 g/mol. The van der Waals surface area contributed by atoms with Gasteiger partial charge in [0.25, 0.3) is 5.91 Å². The van der Waals surface area contributed by atoms with Gasteiger partial charge in [-0.05, 0) is 53.6 Å². The fraction of sp³-hybridized carbons (Fsp3) is 0.152. The Morgan fingerprint density at radius 2 is 1.32 bits per heavy atom. The normalized spacial score (nSPS) is 14.0. The number of benzene rings is 4. The van der Waals surface area contributed by atoms with Crippen molar-refractivity contribution in [1.29, 1.82) is 0 Å². The van der Waals surface area contributed by atoms with Gasteiger partial charge >= 0.3 is 0 Å². The van der Waals surface area contributed by atoms with Crippen LogP contribution in [0.3, 0.4) is 0 Å². The Labute approximate surface area is 238 Å². The van der Waals surface area contributed by atoms with Crippen LogP contribution in [0.1, 0.15) is 27.7 Å². The molecule has 2 heterocycles. The van der Waals surface area contributed by atoms with E-state index in [1.807, 2.05) is 35.2 Å². The predicted molar refractivity (Wildman–Crippen MR) is 156 cm³/mol. The van der Waals surface area contributed by atoms with Gasteiger partial charge in [-0.2, -0.15) is 5.10 Å². The number of carbonyl (C=O) groups excluding carboxylic acids is 1. The van der Waals surface area contributed by atoms with Gasteiger partial charge in [0, 0.05) is 31.7 Å². The minimum absolute atomic E-state index is 0.110. The number of hydrogen-bond acceptors (Lipinski definition) is 3. The third-order valence-corrected chi connectivity index (χ3v) is 7.67. The van der Waals surface area contributed by atoms with Gasteiger partial charge in [-0.3, -0.25) is 9.69 Å². The molecule has 1 aromatic heterocycles. The smallest absolute Gasteiger partial charge is 0.272 e. The molecule has 0 aliphatic carbocycles. The maximum Gasteiger partial charge on any atom is 0.272 e. The Morgan fingerprint density at radius 1 is 0.750 bits per heavy atom. The number of para-hydroxylation sites is 1. The van der Waals surface area contributed by atoms with Crippen molar-refractivity contribution in [1.82, 2.24) is 19.6 Å². The number of nitrogens with zero attached hydrogens (tertiary/aromatic N) is 4. The summed E-state index contributed by atoms with van der Waals surface area (Å²) in [6, 6.07) is 36.3. The molecule has 200 valence electrons. The van der Waals surface area contributed by atoms with Gasteiger partial charge in [-0.15, -0.1) is 0 Å². The zero-order valence-electron chi connectivity index (χ0n) is 21.8. The second-order valence-electron chi connectivity index (χ2n) is 9.84. The van der Waals surface area contributed by atoms with E-state index in [0.717, 1.165) is 18.7 Å². The van der Waals surface area contributed by atoms with E-state index in [1.165, 1.54) is 23.3 Å². The zero-order valence-corrected chi connectivity index (χ0v) is 22.6. The van der Waals surface area contributed by atoms with Gasteiger partial charge in [0.15, 0.2) is 0 Å². The maximum atomic E-state index is 14.0. The number of hydrogen-bond donors (Lipinski definition) is 0. The molecular formula is C33H28ClFN4O. The highest BCUT2D eigenvalue weighted by molar-refractivity contribution is 6.32. The largest absolute Gasteiger partial charge is 0.335 e. The van der Waals surface area contributed by atoms with Crippen molar-refractivity contribution in [3.05, 3.63) is 143 Å². The van der Waals surface area contributed by atoms with E-state index in [0.29, 0.717) is 35.2 Å². The van der Waals surface area contributed by atoms with E-state index in [9.17, 15) is 9.18 Å². The monoisotopic (exact) mass is 550 g/mol. The fourth-order valence-corrected chi connectivity index (χ4v) is 5.55. The van der Waals surface area contributed by atoms with Gasteiger partial charge in [0.1, 0.15) is 11.5 Å². The summed E-state index contributed by atoms with van der Waals surface area (Å²) in [5.41, 5.74) is 4.80. The van der Waals surface area contributed by atoms with E-state index in [2.05, 4.69) is 53.4 Å². The molecule has 0 N–H and O–H groups in total. The SMILES string of the molecule is O=C(c1cc(-c2ccc(F)cc2)nn1-c1ccccc1Cl)N1CCN(C(c2ccccc2)c2ccccc2)CC1. The van der Waals surface area contributed by atoms with Crippen LogP contribution in [0.2, 0.25) is 5.02 Å². The van der Waals surface area contributed by atoms with Crippen molar-refractivity contribution < 1.29 is 9.18 Å². The summed E-state index contributed by atoms with van der Waals surface area (Å²) in [5, 5.41) is 5.22. The van der Waals surface area contributed by atoms with Crippen molar-refractivity contribution in [3.8, 4) is 16.9 Å². The van der Waals surface area contributed by atoms with E-state index in [4.69, 9.17) is 16.7 Å². The van der Waals surface area contributed by atoms with Crippen LogP contribution in [-0.2, 0) is 0 Å². The summed E-state index contributed by atoms with van der Waals surface area (Å²) in [4.78, 5) is 18.3. The summed E-state index contributed by atoms with van der Waals surface area (Å²) < 4.78 is 15.2. The third-order valence-electron chi connectivity index (χ3n) is 7.35. The van der Waals surface area contributed by atoms with Crippen LogP contribution in [-0.4, -0.2) is 51.7 Å². The first kappa shape index (κ1) is 26.0. The molecular weight excluding hydrogens is 523 g/mol. The summed E-state index contributed by atoms with van der Waals surface area (Å²) >= 11 is 6.53. The van der Waals surface area contributed by atoms with Crippen LogP contribution in [0.15, 0.2) is 115 Å². The first-order chi connectivity index (χ1) is 19.6. The molecule has 0 radical (unpaired) electrons. The standard InChI is InChI=1S/C33H28ClFN4O/c34-28-13-7-8-14-30(28)39-31(23-29(36-39)24-15-17-27(35)18-16-24)33(40)38-21-19-37(20-22-38)32(25-9-3-1-4-10-25)26-11-5-2-6-12-26/h1-18,23,32H,19-22H2. The number of halogens is 2. The molecule has 1 saturated heterocycles. The Kier molecular flexibility index (Phi) is 7.45. The average Bonchev–Trinajstić information content (AvgIpc) is 3.44. The maximum absolute atomic E-state index is 14.0. The Bertz CT molecular complexity index is 1560. The van der Waals surface area contributed by atoms with Crippen molar-refractivity contribution in [2.45, 2.75) is 6.04 Å². The van der Waals surface area contributed by atoms with Crippen LogP contribution in [0.4, 0.5) is 4.39 Å². The van der Waals surface area contributed by atoms with Crippen molar-refractivity contribution in [2.24, 2.45) is 0 Å². The lowest BCUT2D eigenvalue weighted by Gasteiger charge is -2.39. The van der Waals surface area contributed by atoms with E-state index < -0.39 is 0 Å². The summed E-state index contributed by atoms with van der Waals surface area (Å²) in [5.74, 6) is -0.441. The zero-order chi connectivity index (χ0) is 27.5. The molecule has 0 saturated carbocycles. The minimum Gasteiger partial charge on any atom is -0.335 e. The first-order valence-electron chi connectivity index (χ1n) is 13.3. The molecule has 5 nitrogen and oxygen atoms in total. The van der Waals surface area contributed by atoms with E-state index in [-0.39, 0.29) is 17.8 Å². The number of aromatic nitrogens is 2. The molecule has 1 aliphatic rings. The van der Waals surface area contributed by atoms with Gasteiger partial charge < -0.3 is 4.90 Å². The molecule has 6 rings (SSSR count). The van der Waals surface area contributed by atoms with Gasteiger partial charge in [-0.1, -0.05) is 84.4 Å². The second kappa shape index (κ2) is 11.5. The van der Waals surface area contributed by atoms with Gasteiger partial charge in [-0.25, -0.2) is 9.07 Å². The Balaban J connectivity index is 1.28. The van der Waals surface area contributed by atoms with Gasteiger partial charge in [0.2, 0.25) is 0 Å². The number of piperazine rings is 1. The van der Waals surface area contributed by atoms with E-state index in [1.54, 1.807) is 28.9 Å². The highest BCUT2D eigenvalue weighted by Crippen LogP contribution is 2.31. The molecule has 5 aromatic rings.